The van der Waals surface area contributed by atoms with Gasteiger partial charge in [0.2, 0.25) is 0 Å². The molecular weight excluding hydrogens is 230 g/mol. The van der Waals surface area contributed by atoms with E-state index >= 15 is 0 Å². The number of rotatable bonds is 8. The summed E-state index contributed by atoms with van der Waals surface area (Å²) in [5, 5.41) is 24.3. The van der Waals surface area contributed by atoms with Gasteiger partial charge in [-0.25, -0.2) is 0 Å². The predicted octanol–water partition coefficient (Wildman–Crippen LogP) is 1.23. The van der Waals surface area contributed by atoms with Crippen LogP contribution in [0.1, 0.15) is 30.9 Å². The summed E-state index contributed by atoms with van der Waals surface area (Å²) in [4.78, 5) is 0. The SMILES string of the molecule is NC(CCCCNCC(O)c1ccccc1)=NO. The first-order valence-electron chi connectivity index (χ1n) is 6.14. The van der Waals surface area contributed by atoms with Crippen LogP contribution in [0.5, 0.6) is 0 Å². The van der Waals surface area contributed by atoms with Crippen molar-refractivity contribution in [1.82, 2.24) is 5.32 Å². The van der Waals surface area contributed by atoms with Crippen molar-refractivity contribution in [3.63, 3.8) is 0 Å². The van der Waals surface area contributed by atoms with Crippen LogP contribution < -0.4 is 11.1 Å². The molecule has 5 N–H and O–H groups in total. The number of unbranched alkanes of at least 4 members (excludes halogenated alkanes) is 1. The van der Waals surface area contributed by atoms with E-state index in [9.17, 15) is 5.11 Å². The highest BCUT2D eigenvalue weighted by Gasteiger charge is 2.05. The number of amidine groups is 1. The summed E-state index contributed by atoms with van der Waals surface area (Å²) in [6, 6.07) is 9.57. The standard InChI is InChI=1S/C13H21N3O2/c14-13(16-18)8-4-5-9-15-10-12(17)11-6-2-1-3-7-11/h1-3,6-7,12,15,17-18H,4-5,8-10H2,(H2,14,16). The lowest BCUT2D eigenvalue weighted by Crippen LogP contribution is -2.22. The highest BCUT2D eigenvalue weighted by atomic mass is 16.4. The highest BCUT2D eigenvalue weighted by molar-refractivity contribution is 5.79. The summed E-state index contributed by atoms with van der Waals surface area (Å²) in [7, 11) is 0. The van der Waals surface area contributed by atoms with Gasteiger partial charge in [-0.2, -0.15) is 0 Å². The largest absolute Gasteiger partial charge is 0.409 e. The van der Waals surface area contributed by atoms with Crippen molar-refractivity contribution in [2.24, 2.45) is 10.9 Å². The van der Waals surface area contributed by atoms with E-state index in [0.717, 1.165) is 24.9 Å². The van der Waals surface area contributed by atoms with E-state index in [1.165, 1.54) is 0 Å². The van der Waals surface area contributed by atoms with Gasteiger partial charge in [-0.1, -0.05) is 35.5 Å². The minimum Gasteiger partial charge on any atom is -0.409 e. The summed E-state index contributed by atoms with van der Waals surface area (Å²) in [5.74, 6) is 0.263. The van der Waals surface area contributed by atoms with Crippen molar-refractivity contribution in [2.45, 2.75) is 25.4 Å². The Labute approximate surface area is 107 Å². The molecule has 1 aromatic carbocycles. The van der Waals surface area contributed by atoms with Gasteiger partial charge in [-0.15, -0.1) is 0 Å². The van der Waals surface area contributed by atoms with Crippen molar-refractivity contribution >= 4 is 5.84 Å². The van der Waals surface area contributed by atoms with Gasteiger partial charge < -0.3 is 21.4 Å². The molecule has 0 aliphatic carbocycles. The van der Waals surface area contributed by atoms with Crippen LogP contribution in [0.4, 0.5) is 0 Å². The van der Waals surface area contributed by atoms with Gasteiger partial charge in [0.15, 0.2) is 0 Å². The lowest BCUT2D eigenvalue weighted by molar-refractivity contribution is 0.175. The minimum atomic E-state index is -0.477. The van der Waals surface area contributed by atoms with Gasteiger partial charge in [0.25, 0.3) is 0 Å². The molecule has 0 amide bonds. The van der Waals surface area contributed by atoms with Crippen LogP contribution in [0.2, 0.25) is 0 Å². The van der Waals surface area contributed by atoms with Gasteiger partial charge in [0, 0.05) is 13.0 Å². The third-order valence-corrected chi connectivity index (χ3v) is 2.69. The zero-order valence-corrected chi connectivity index (χ0v) is 10.4. The van der Waals surface area contributed by atoms with Crippen molar-refractivity contribution in [3.8, 4) is 0 Å². The molecule has 0 saturated carbocycles. The fraction of sp³-hybridized carbons (Fsp3) is 0.462. The number of nitrogens with one attached hydrogen (secondary N) is 1. The van der Waals surface area contributed by atoms with E-state index < -0.39 is 6.10 Å². The van der Waals surface area contributed by atoms with Crippen LogP contribution in [-0.4, -0.2) is 29.2 Å². The molecule has 1 aromatic rings. The molecule has 1 unspecified atom stereocenters. The molecule has 0 spiro atoms. The number of nitrogens with zero attached hydrogens (tertiary/aromatic N) is 1. The number of nitrogens with two attached hydrogens (primary N) is 1. The molecule has 0 bridgehead atoms. The van der Waals surface area contributed by atoms with Crippen LogP contribution in [0.25, 0.3) is 0 Å². The summed E-state index contributed by atoms with van der Waals surface area (Å²) in [6.07, 6.45) is 1.91. The Hall–Kier alpha value is -1.59. The summed E-state index contributed by atoms with van der Waals surface area (Å²) in [5.41, 5.74) is 6.27. The van der Waals surface area contributed by atoms with Crippen LogP contribution in [0.3, 0.4) is 0 Å². The fourth-order valence-electron chi connectivity index (χ4n) is 1.64. The van der Waals surface area contributed by atoms with Crippen LogP contribution >= 0.6 is 0 Å². The monoisotopic (exact) mass is 251 g/mol. The Bertz CT molecular complexity index is 355. The fourth-order valence-corrected chi connectivity index (χ4v) is 1.64. The smallest absolute Gasteiger partial charge is 0.139 e. The van der Waals surface area contributed by atoms with Crippen molar-refractivity contribution in [3.05, 3.63) is 35.9 Å². The summed E-state index contributed by atoms with van der Waals surface area (Å²) < 4.78 is 0. The molecule has 5 nitrogen and oxygen atoms in total. The Morgan fingerprint density at radius 2 is 2.00 bits per heavy atom. The first-order chi connectivity index (χ1) is 8.74. The number of aliphatic hydroxyl groups excluding tert-OH is 1. The molecule has 0 aliphatic rings. The lowest BCUT2D eigenvalue weighted by atomic mass is 10.1. The third-order valence-electron chi connectivity index (χ3n) is 2.69. The van der Waals surface area contributed by atoms with E-state index in [1.54, 1.807) is 0 Å². The molecule has 0 saturated heterocycles. The maximum atomic E-state index is 9.87. The molecule has 0 aliphatic heterocycles. The van der Waals surface area contributed by atoms with Crippen molar-refractivity contribution in [2.75, 3.05) is 13.1 Å². The van der Waals surface area contributed by atoms with E-state index in [0.29, 0.717) is 13.0 Å². The van der Waals surface area contributed by atoms with E-state index in [4.69, 9.17) is 10.9 Å². The van der Waals surface area contributed by atoms with E-state index in [2.05, 4.69) is 10.5 Å². The van der Waals surface area contributed by atoms with Gasteiger partial charge in [-0.05, 0) is 24.9 Å². The molecular formula is C13H21N3O2. The molecule has 1 atom stereocenters. The topological polar surface area (TPSA) is 90.9 Å². The molecule has 1 rings (SSSR count). The molecule has 0 radical (unpaired) electrons. The second kappa shape index (κ2) is 8.49. The van der Waals surface area contributed by atoms with E-state index in [-0.39, 0.29) is 5.84 Å². The van der Waals surface area contributed by atoms with Gasteiger partial charge in [-0.3, -0.25) is 0 Å². The number of aliphatic hydroxyl groups is 1. The number of benzene rings is 1. The van der Waals surface area contributed by atoms with Gasteiger partial charge in [0.05, 0.1) is 6.10 Å². The normalized spacial score (nSPS) is 13.5. The predicted molar refractivity (Wildman–Crippen MR) is 71.5 cm³/mol. The highest BCUT2D eigenvalue weighted by Crippen LogP contribution is 2.10. The summed E-state index contributed by atoms with van der Waals surface area (Å²) in [6.45, 7) is 1.34. The maximum Gasteiger partial charge on any atom is 0.139 e. The van der Waals surface area contributed by atoms with Crippen molar-refractivity contribution < 1.29 is 10.3 Å². The number of oxime groups is 1. The van der Waals surface area contributed by atoms with Crippen LogP contribution in [-0.2, 0) is 0 Å². The Morgan fingerprint density at radius 3 is 2.67 bits per heavy atom. The lowest BCUT2D eigenvalue weighted by Gasteiger charge is -2.11. The number of hydrogen-bond donors (Lipinski definition) is 4. The second-order valence-electron chi connectivity index (χ2n) is 4.18. The average molecular weight is 251 g/mol. The van der Waals surface area contributed by atoms with Crippen LogP contribution in [0, 0.1) is 0 Å². The molecule has 0 fully saturated rings. The average Bonchev–Trinajstić information content (AvgIpc) is 2.43. The van der Waals surface area contributed by atoms with Gasteiger partial charge >= 0.3 is 0 Å². The van der Waals surface area contributed by atoms with E-state index in [1.807, 2.05) is 30.3 Å². The zero-order valence-electron chi connectivity index (χ0n) is 10.4. The quantitative estimate of drug-likeness (QED) is 0.184. The molecule has 18 heavy (non-hydrogen) atoms. The second-order valence-corrected chi connectivity index (χ2v) is 4.18. The first kappa shape index (κ1) is 14.5. The Kier molecular flexibility index (Phi) is 6.83. The molecule has 5 heteroatoms. The maximum absolute atomic E-state index is 9.87. The number of hydrogen-bond acceptors (Lipinski definition) is 4. The first-order valence-corrected chi connectivity index (χ1v) is 6.14. The Morgan fingerprint density at radius 1 is 1.28 bits per heavy atom. The van der Waals surface area contributed by atoms with Crippen LogP contribution in [0.15, 0.2) is 35.5 Å². The van der Waals surface area contributed by atoms with Crippen molar-refractivity contribution in [1.29, 1.82) is 0 Å². The molecule has 100 valence electrons. The Balaban J connectivity index is 2.08. The van der Waals surface area contributed by atoms with Gasteiger partial charge in [0.1, 0.15) is 5.84 Å². The molecule has 0 heterocycles. The molecule has 0 aromatic heterocycles. The minimum absolute atomic E-state index is 0.263. The summed E-state index contributed by atoms with van der Waals surface area (Å²) >= 11 is 0. The third kappa shape index (κ3) is 5.65. The zero-order chi connectivity index (χ0) is 13.2.